The molecule has 0 spiro atoms. The van der Waals surface area contributed by atoms with Crippen molar-refractivity contribution in [1.29, 1.82) is 0 Å². The van der Waals surface area contributed by atoms with Crippen LogP contribution in [0.1, 0.15) is 18.9 Å². The number of hydrazone groups is 1. The summed E-state index contributed by atoms with van der Waals surface area (Å²) in [5.41, 5.74) is 0.713. The zero-order valence-electron chi connectivity index (χ0n) is 13.1. The molecule has 6 nitrogen and oxygen atoms in total. The highest BCUT2D eigenvalue weighted by molar-refractivity contribution is 6.06. The summed E-state index contributed by atoms with van der Waals surface area (Å²) in [6, 6.07) is 6.68. The molecular weight excluding hydrogens is 308 g/mol. The van der Waals surface area contributed by atoms with Crippen LogP contribution in [-0.4, -0.2) is 29.0 Å². The van der Waals surface area contributed by atoms with Crippen molar-refractivity contribution in [2.24, 2.45) is 28.8 Å². The van der Waals surface area contributed by atoms with Gasteiger partial charge in [-0.15, -0.1) is 0 Å². The maximum absolute atomic E-state index is 12.5. The summed E-state index contributed by atoms with van der Waals surface area (Å²) in [4.78, 5) is 35.9. The van der Waals surface area contributed by atoms with Crippen molar-refractivity contribution in [3.63, 3.8) is 0 Å². The number of fused-ring (bicyclic) bond motifs is 5. The Hall–Kier alpha value is -2.76. The molecule has 1 aromatic carbocycles. The van der Waals surface area contributed by atoms with E-state index in [0.29, 0.717) is 11.3 Å². The van der Waals surface area contributed by atoms with Crippen molar-refractivity contribution < 1.29 is 19.1 Å². The minimum atomic E-state index is -0.389. The molecule has 1 aliphatic heterocycles. The Morgan fingerprint density at radius 1 is 1.12 bits per heavy atom. The van der Waals surface area contributed by atoms with Crippen LogP contribution in [0.25, 0.3) is 0 Å². The quantitative estimate of drug-likeness (QED) is 0.279. The summed E-state index contributed by atoms with van der Waals surface area (Å²) in [6.07, 6.45) is 6.49. The minimum absolute atomic E-state index is 0.180. The SMILES string of the molecule is CC(=O)Oc1ccc(C=NN2C(=O)C3C4C=CC(C4)C3C2=O)cc1. The first kappa shape index (κ1) is 14.8. The number of benzene rings is 1. The number of nitrogens with zero attached hydrogens (tertiary/aromatic N) is 2. The van der Waals surface area contributed by atoms with Gasteiger partial charge in [-0.2, -0.15) is 10.1 Å². The van der Waals surface area contributed by atoms with Crippen LogP contribution in [0.2, 0.25) is 0 Å². The molecule has 4 atom stereocenters. The second-order valence-electron chi connectivity index (χ2n) is 6.40. The zero-order chi connectivity index (χ0) is 16.8. The Balaban J connectivity index is 1.49. The Labute approximate surface area is 138 Å². The second-order valence-corrected chi connectivity index (χ2v) is 6.40. The van der Waals surface area contributed by atoms with E-state index < -0.39 is 0 Å². The molecule has 4 unspecified atom stereocenters. The summed E-state index contributed by atoms with van der Waals surface area (Å²) in [5.74, 6) is -0.472. The number of hydrogen-bond donors (Lipinski definition) is 0. The Kier molecular flexibility index (Phi) is 3.33. The van der Waals surface area contributed by atoms with Gasteiger partial charge in [0.05, 0.1) is 18.1 Å². The molecule has 2 fully saturated rings. The van der Waals surface area contributed by atoms with Gasteiger partial charge in [-0.25, -0.2) is 0 Å². The largest absolute Gasteiger partial charge is 0.427 e. The van der Waals surface area contributed by atoms with E-state index in [4.69, 9.17) is 4.74 Å². The molecule has 3 aliphatic rings. The van der Waals surface area contributed by atoms with Crippen LogP contribution in [-0.2, 0) is 14.4 Å². The Morgan fingerprint density at radius 2 is 1.71 bits per heavy atom. The zero-order valence-corrected chi connectivity index (χ0v) is 13.1. The summed E-state index contributed by atoms with van der Waals surface area (Å²) in [6.45, 7) is 1.33. The van der Waals surface area contributed by atoms with Crippen molar-refractivity contribution in [2.75, 3.05) is 0 Å². The third-order valence-electron chi connectivity index (χ3n) is 4.91. The third kappa shape index (κ3) is 2.26. The van der Waals surface area contributed by atoms with E-state index in [0.717, 1.165) is 11.4 Å². The van der Waals surface area contributed by atoms with Crippen LogP contribution in [0.4, 0.5) is 0 Å². The lowest BCUT2D eigenvalue weighted by Gasteiger charge is -2.13. The molecule has 2 aliphatic carbocycles. The Morgan fingerprint density at radius 3 is 2.25 bits per heavy atom. The first-order valence-electron chi connectivity index (χ1n) is 7.93. The highest BCUT2D eigenvalue weighted by atomic mass is 16.5. The number of carbonyl (C=O) groups is 3. The first-order chi connectivity index (χ1) is 11.5. The fourth-order valence-electron chi connectivity index (χ4n) is 3.91. The van der Waals surface area contributed by atoms with Gasteiger partial charge in [0.25, 0.3) is 11.8 Å². The predicted molar refractivity (Wildman–Crippen MR) is 84.9 cm³/mol. The smallest absolute Gasteiger partial charge is 0.308 e. The van der Waals surface area contributed by atoms with Crippen LogP contribution >= 0.6 is 0 Å². The molecule has 1 saturated carbocycles. The Bertz CT molecular complexity index is 751. The van der Waals surface area contributed by atoms with Crippen molar-refractivity contribution in [3.05, 3.63) is 42.0 Å². The average molecular weight is 324 g/mol. The van der Waals surface area contributed by atoms with E-state index in [9.17, 15) is 14.4 Å². The maximum Gasteiger partial charge on any atom is 0.308 e. The second kappa shape index (κ2) is 5.40. The molecule has 1 heterocycles. The number of rotatable bonds is 3. The third-order valence-corrected chi connectivity index (χ3v) is 4.91. The molecule has 0 N–H and O–H groups in total. The van der Waals surface area contributed by atoms with Gasteiger partial charge < -0.3 is 4.74 Å². The van der Waals surface area contributed by atoms with E-state index in [1.807, 2.05) is 0 Å². The number of hydrogen-bond acceptors (Lipinski definition) is 5. The topological polar surface area (TPSA) is 76.0 Å². The molecular formula is C18H16N2O4. The number of imide groups is 1. The fourth-order valence-corrected chi connectivity index (χ4v) is 3.91. The van der Waals surface area contributed by atoms with Crippen molar-refractivity contribution in [2.45, 2.75) is 13.3 Å². The van der Waals surface area contributed by atoms with E-state index in [1.54, 1.807) is 24.3 Å². The molecule has 1 saturated heterocycles. The molecule has 6 heteroatoms. The number of carbonyl (C=O) groups excluding carboxylic acids is 3. The van der Waals surface area contributed by atoms with E-state index in [1.165, 1.54) is 13.1 Å². The summed E-state index contributed by atoms with van der Waals surface area (Å²) < 4.78 is 4.95. The van der Waals surface area contributed by atoms with Crippen LogP contribution < -0.4 is 4.74 Å². The fraction of sp³-hybridized carbons (Fsp3) is 0.333. The lowest BCUT2D eigenvalue weighted by Crippen LogP contribution is -2.28. The highest BCUT2D eigenvalue weighted by Gasteiger charge is 2.59. The lowest BCUT2D eigenvalue weighted by atomic mass is 9.85. The van der Waals surface area contributed by atoms with Crippen molar-refractivity contribution >= 4 is 24.0 Å². The predicted octanol–water partition coefficient (Wildman–Crippen LogP) is 1.75. The van der Waals surface area contributed by atoms with Gasteiger partial charge in [0.15, 0.2) is 0 Å². The van der Waals surface area contributed by atoms with Gasteiger partial charge in [0.2, 0.25) is 0 Å². The normalized spacial score (nSPS) is 30.5. The summed E-state index contributed by atoms with van der Waals surface area (Å²) in [7, 11) is 0. The number of amides is 2. The molecule has 4 rings (SSSR count). The van der Waals surface area contributed by atoms with Gasteiger partial charge in [-0.3, -0.25) is 14.4 Å². The maximum atomic E-state index is 12.5. The van der Waals surface area contributed by atoms with E-state index >= 15 is 0 Å². The van der Waals surface area contributed by atoms with E-state index in [2.05, 4.69) is 17.3 Å². The molecule has 2 amide bonds. The molecule has 1 aromatic rings. The van der Waals surface area contributed by atoms with Crippen LogP contribution in [0.15, 0.2) is 41.5 Å². The summed E-state index contributed by atoms with van der Waals surface area (Å²) >= 11 is 0. The van der Waals surface area contributed by atoms with Gasteiger partial charge >= 0.3 is 5.97 Å². The lowest BCUT2D eigenvalue weighted by molar-refractivity contribution is -0.140. The van der Waals surface area contributed by atoms with Crippen LogP contribution in [0.3, 0.4) is 0 Å². The average Bonchev–Trinajstić information content (AvgIpc) is 3.22. The van der Waals surface area contributed by atoms with Gasteiger partial charge in [-0.1, -0.05) is 12.2 Å². The first-order valence-corrected chi connectivity index (χ1v) is 7.93. The minimum Gasteiger partial charge on any atom is -0.427 e. The van der Waals surface area contributed by atoms with Gasteiger partial charge in [0, 0.05) is 6.92 Å². The van der Waals surface area contributed by atoms with E-state index in [-0.39, 0.29) is 41.5 Å². The van der Waals surface area contributed by atoms with Crippen LogP contribution in [0.5, 0.6) is 5.75 Å². The van der Waals surface area contributed by atoms with Gasteiger partial charge in [-0.05, 0) is 48.1 Å². The monoisotopic (exact) mass is 324 g/mol. The van der Waals surface area contributed by atoms with Crippen molar-refractivity contribution in [1.82, 2.24) is 5.01 Å². The standard InChI is InChI=1S/C18H16N2O4/c1-10(21)24-14-6-2-11(3-7-14)9-19-20-17(22)15-12-4-5-13(8-12)16(15)18(20)23/h2-7,9,12-13,15-16H,8H2,1H3. The molecule has 2 bridgehead atoms. The molecule has 0 radical (unpaired) electrons. The molecule has 0 aromatic heterocycles. The van der Waals surface area contributed by atoms with Crippen molar-refractivity contribution in [3.8, 4) is 5.75 Å². The highest BCUT2D eigenvalue weighted by Crippen LogP contribution is 2.52. The van der Waals surface area contributed by atoms with Crippen LogP contribution in [0, 0.1) is 23.7 Å². The number of esters is 1. The molecule has 122 valence electrons. The van der Waals surface area contributed by atoms with Gasteiger partial charge in [0.1, 0.15) is 5.75 Å². The molecule has 24 heavy (non-hydrogen) atoms. The number of ether oxygens (including phenoxy) is 1. The summed E-state index contributed by atoms with van der Waals surface area (Å²) in [5, 5.41) is 5.11. The number of allylic oxidation sites excluding steroid dienone is 2.